The zero-order chi connectivity index (χ0) is 39.3. The van der Waals surface area contributed by atoms with Crippen molar-refractivity contribution in [3.63, 3.8) is 0 Å². The minimum Gasteiger partial charge on any atom is -0.497 e. The molecule has 2 aliphatic heterocycles. The van der Waals surface area contributed by atoms with Gasteiger partial charge in [-0.2, -0.15) is 0 Å². The molecule has 0 unspecified atom stereocenters. The zero-order valence-electron chi connectivity index (χ0n) is 32.0. The zero-order valence-corrected chi connectivity index (χ0v) is 32.8. The minimum absolute atomic E-state index is 0.00639. The number of pyridine rings is 1. The Labute approximate surface area is 322 Å². The lowest BCUT2D eigenvalue weighted by Gasteiger charge is -2.37. The van der Waals surface area contributed by atoms with Crippen molar-refractivity contribution in [3.8, 4) is 22.8 Å². The van der Waals surface area contributed by atoms with E-state index >= 15 is 0 Å². The number of Topliss-reactive ketones (excluding diaryl/α,β-unsaturated/α-hetero) is 1. The van der Waals surface area contributed by atoms with Gasteiger partial charge in [0, 0.05) is 55.4 Å². The Morgan fingerprint density at radius 2 is 1.80 bits per heavy atom. The molecule has 4 fully saturated rings. The van der Waals surface area contributed by atoms with Gasteiger partial charge in [-0.25, -0.2) is 13.4 Å². The summed E-state index contributed by atoms with van der Waals surface area (Å²) in [6.07, 6.45) is 3.02. The van der Waals surface area contributed by atoms with E-state index in [2.05, 4.69) is 11.3 Å². The molecule has 292 valence electrons. The van der Waals surface area contributed by atoms with Crippen molar-refractivity contribution in [2.75, 3.05) is 26.7 Å². The number of ketones is 1. The molecule has 0 spiro atoms. The van der Waals surface area contributed by atoms with E-state index in [0.717, 1.165) is 17.4 Å². The van der Waals surface area contributed by atoms with E-state index in [9.17, 15) is 27.6 Å². The number of nitrogens with one attached hydrogen (secondary N) is 1. The van der Waals surface area contributed by atoms with E-state index in [1.807, 2.05) is 75.4 Å². The molecule has 12 nitrogen and oxygen atoms in total. The topological polar surface area (TPSA) is 152 Å². The van der Waals surface area contributed by atoms with Crippen molar-refractivity contribution in [2.24, 2.45) is 22.7 Å². The summed E-state index contributed by atoms with van der Waals surface area (Å²) in [5, 5.41) is 0.118. The van der Waals surface area contributed by atoms with E-state index in [4.69, 9.17) is 14.5 Å². The number of nitrogens with zero attached hydrogens (tertiary/aromatic N) is 3. The fourth-order valence-corrected chi connectivity index (χ4v) is 9.30. The average Bonchev–Trinajstić information content (AvgIpc) is 4.06. The third kappa shape index (κ3) is 7.85. The molecule has 4 aliphatic rings. The molecule has 3 aromatic rings. The third-order valence-electron chi connectivity index (χ3n) is 11.7. The Bertz CT molecular complexity index is 2130. The number of hydrogen-bond donors (Lipinski definition) is 1. The molecule has 1 N–H and O–H groups in total. The normalized spacial score (nSPS) is 24.1. The van der Waals surface area contributed by atoms with Crippen LogP contribution in [0.25, 0.3) is 22.2 Å². The molecule has 2 saturated carbocycles. The summed E-state index contributed by atoms with van der Waals surface area (Å²) in [7, 11) is -2.27. The quantitative estimate of drug-likeness (QED) is 0.215. The maximum atomic E-state index is 14.7. The molecule has 2 aromatic carbocycles. The van der Waals surface area contributed by atoms with E-state index in [1.54, 1.807) is 18.1 Å². The van der Waals surface area contributed by atoms with Gasteiger partial charge in [0.1, 0.15) is 17.6 Å². The molecule has 0 bridgehead atoms. The van der Waals surface area contributed by atoms with Gasteiger partial charge in [-0.05, 0) is 49.1 Å². The van der Waals surface area contributed by atoms with Gasteiger partial charge in [-0.15, -0.1) is 6.58 Å². The molecule has 2 aliphatic carbocycles. The molecule has 55 heavy (non-hydrogen) atoms. The number of likely N-dealkylation sites (tertiary alicyclic amines) is 2. The molecule has 3 amide bonds. The van der Waals surface area contributed by atoms with Crippen LogP contribution in [0.1, 0.15) is 65.7 Å². The van der Waals surface area contributed by atoms with Crippen LogP contribution in [0.3, 0.4) is 0 Å². The number of carbonyl (C=O) groups is 4. The summed E-state index contributed by atoms with van der Waals surface area (Å²) < 4.78 is 40.1. The van der Waals surface area contributed by atoms with Crippen molar-refractivity contribution < 1.29 is 37.1 Å². The van der Waals surface area contributed by atoms with Crippen LogP contribution in [0.2, 0.25) is 0 Å². The fraction of sp³-hybridized carbons (Fsp3) is 0.500. The van der Waals surface area contributed by atoms with Gasteiger partial charge in [-0.1, -0.05) is 57.2 Å². The number of aromatic nitrogens is 1. The summed E-state index contributed by atoms with van der Waals surface area (Å²) in [4.78, 5) is 64.4. The minimum atomic E-state index is -3.85. The van der Waals surface area contributed by atoms with Crippen LogP contribution >= 0.6 is 0 Å². The number of carbonyl (C=O) groups excluding carboxylic acids is 4. The van der Waals surface area contributed by atoms with Crippen LogP contribution in [0.15, 0.2) is 67.3 Å². The van der Waals surface area contributed by atoms with Crippen LogP contribution in [-0.4, -0.2) is 90.8 Å². The second kappa shape index (κ2) is 14.7. The highest BCUT2D eigenvalue weighted by atomic mass is 32.2. The van der Waals surface area contributed by atoms with Crippen LogP contribution in [-0.2, 0) is 29.2 Å². The Hall–Kier alpha value is -4.78. The maximum Gasteiger partial charge on any atom is 0.240 e. The predicted molar refractivity (Wildman–Crippen MR) is 207 cm³/mol. The van der Waals surface area contributed by atoms with Gasteiger partial charge >= 0.3 is 0 Å². The summed E-state index contributed by atoms with van der Waals surface area (Å²) in [5.41, 5.74) is 0.297. The number of amides is 3. The second-order valence-corrected chi connectivity index (χ2v) is 18.6. The van der Waals surface area contributed by atoms with Crippen molar-refractivity contribution in [1.82, 2.24) is 19.5 Å². The first-order valence-corrected chi connectivity index (χ1v) is 20.7. The number of allylic oxidation sites excluding steroid dienone is 1. The summed E-state index contributed by atoms with van der Waals surface area (Å²) in [6.45, 7) is 11.0. The summed E-state index contributed by atoms with van der Waals surface area (Å²) in [6, 6.07) is 16.1. The molecule has 5 atom stereocenters. The fourth-order valence-electron chi connectivity index (χ4n) is 7.91. The monoisotopic (exact) mass is 770 g/mol. The number of sulfonamides is 1. The maximum absolute atomic E-state index is 14.7. The Kier molecular flexibility index (Phi) is 10.3. The first kappa shape index (κ1) is 38.5. The standard InChI is InChI=1S/C42H50N4O8S/c1-6-27-23-42(27,40(50)44-55(51,52)30-14-15-30)24-36(47)35-20-29(25-46(35)39(49)32(41(2,3)4)21-38(48)45-17-10-18-45)54-37-22-33(26-11-8-7-9-12-26)43-34-19-28(53-5)13-16-31(34)37/h6-9,11-13,16,19,22,27,29-30,32,35H,1,10,14-15,17-18,20-21,23-25H2,2-5H3,(H,44,50)/t27-,29-,32-,35+,42-/m1/s1. The number of fused-ring (bicyclic) bond motifs is 1. The van der Waals surface area contributed by atoms with Gasteiger partial charge in [0.2, 0.25) is 27.7 Å². The average molecular weight is 771 g/mol. The van der Waals surface area contributed by atoms with Crippen molar-refractivity contribution in [3.05, 3.63) is 67.3 Å². The van der Waals surface area contributed by atoms with Crippen molar-refractivity contribution >= 4 is 44.4 Å². The van der Waals surface area contributed by atoms with E-state index in [-0.39, 0.29) is 49.8 Å². The SMILES string of the molecule is C=C[C@@H]1C[C@]1(CC(=O)[C@@H]1C[C@@H](Oc2cc(-c3ccccc3)nc3cc(OC)ccc23)CN1C(=O)[C@@H](CC(=O)N1CCC1)C(C)(C)C)C(=O)NS(=O)(=O)C1CC1. The van der Waals surface area contributed by atoms with Crippen LogP contribution in [0, 0.1) is 22.7 Å². The molecule has 3 heterocycles. The van der Waals surface area contributed by atoms with E-state index < -0.39 is 56.0 Å². The summed E-state index contributed by atoms with van der Waals surface area (Å²) >= 11 is 0. The lowest BCUT2D eigenvalue weighted by molar-refractivity contribution is -0.149. The van der Waals surface area contributed by atoms with Crippen LogP contribution in [0.5, 0.6) is 11.5 Å². The Morgan fingerprint density at radius 3 is 2.40 bits per heavy atom. The highest BCUT2D eigenvalue weighted by Crippen LogP contribution is 2.57. The van der Waals surface area contributed by atoms with Crippen LogP contribution < -0.4 is 14.2 Å². The predicted octanol–water partition coefficient (Wildman–Crippen LogP) is 5.30. The Balaban J connectivity index is 1.21. The molecular formula is C42H50N4O8S. The summed E-state index contributed by atoms with van der Waals surface area (Å²) in [5.74, 6) is -1.46. The van der Waals surface area contributed by atoms with Crippen molar-refractivity contribution in [1.29, 1.82) is 0 Å². The first-order chi connectivity index (χ1) is 26.1. The number of hydrogen-bond acceptors (Lipinski definition) is 9. The highest BCUT2D eigenvalue weighted by Gasteiger charge is 2.61. The van der Waals surface area contributed by atoms with Crippen molar-refractivity contribution in [2.45, 2.75) is 83.1 Å². The third-order valence-corrected chi connectivity index (χ3v) is 13.6. The van der Waals surface area contributed by atoms with Gasteiger partial charge < -0.3 is 19.3 Å². The smallest absolute Gasteiger partial charge is 0.240 e. The molecule has 2 saturated heterocycles. The van der Waals surface area contributed by atoms with E-state index in [1.165, 1.54) is 4.90 Å². The lowest BCUT2D eigenvalue weighted by atomic mass is 9.77. The van der Waals surface area contributed by atoms with Gasteiger partial charge in [0.05, 0.1) is 47.5 Å². The molecule has 1 aromatic heterocycles. The largest absolute Gasteiger partial charge is 0.497 e. The number of ether oxygens (including phenoxy) is 2. The highest BCUT2D eigenvalue weighted by molar-refractivity contribution is 7.90. The molecule has 0 radical (unpaired) electrons. The number of methoxy groups -OCH3 is 1. The number of benzene rings is 2. The Morgan fingerprint density at radius 1 is 1.07 bits per heavy atom. The van der Waals surface area contributed by atoms with Gasteiger partial charge in [0.15, 0.2) is 5.78 Å². The van der Waals surface area contributed by atoms with E-state index in [0.29, 0.717) is 48.6 Å². The number of rotatable bonds is 14. The molecular weight excluding hydrogens is 721 g/mol. The lowest BCUT2D eigenvalue weighted by Crippen LogP contribution is -2.50. The molecule has 7 rings (SSSR count). The second-order valence-electron chi connectivity index (χ2n) is 16.6. The van der Waals surface area contributed by atoms with Crippen LogP contribution in [0.4, 0.5) is 0 Å². The van der Waals surface area contributed by atoms with Gasteiger partial charge in [-0.3, -0.25) is 23.9 Å². The van der Waals surface area contributed by atoms with Gasteiger partial charge in [0.25, 0.3) is 0 Å². The molecule has 13 heteroatoms. The first-order valence-electron chi connectivity index (χ1n) is 19.1.